The van der Waals surface area contributed by atoms with Gasteiger partial charge in [0, 0.05) is 25.7 Å². The molecule has 26 heavy (non-hydrogen) atoms. The molecule has 1 aliphatic heterocycles. The quantitative estimate of drug-likeness (QED) is 0.828. The summed E-state index contributed by atoms with van der Waals surface area (Å²) >= 11 is 0. The molecule has 4 heteroatoms. The number of carbonyl (C=O) groups is 1. The molecule has 0 spiro atoms. The van der Waals surface area contributed by atoms with E-state index in [2.05, 4.69) is 29.2 Å². The van der Waals surface area contributed by atoms with Crippen molar-refractivity contribution in [3.63, 3.8) is 0 Å². The fraction of sp³-hybridized carbons (Fsp3) is 0.409. The standard InChI is InChI=1S/C22H26N2O2/c1-17-7-5-6-10-21(17)26-16-22(25)24-14-13-23(19-11-12-19)15-20(24)18-8-3-2-4-9-18/h2-10,19-20H,11-16H2,1H3. The largest absolute Gasteiger partial charge is 0.484 e. The maximum atomic E-state index is 12.9. The van der Waals surface area contributed by atoms with Crippen LogP contribution in [0, 0.1) is 6.92 Å². The zero-order valence-electron chi connectivity index (χ0n) is 15.3. The number of rotatable bonds is 5. The second kappa shape index (κ2) is 7.50. The number of piperazine rings is 1. The van der Waals surface area contributed by atoms with E-state index >= 15 is 0 Å². The van der Waals surface area contributed by atoms with Gasteiger partial charge in [-0.1, -0.05) is 48.5 Å². The third-order valence-electron chi connectivity index (χ3n) is 5.42. The maximum absolute atomic E-state index is 12.9. The molecule has 2 aromatic rings. The molecule has 1 saturated carbocycles. The molecule has 4 rings (SSSR count). The lowest BCUT2D eigenvalue weighted by Crippen LogP contribution is -2.52. The second-order valence-electron chi connectivity index (χ2n) is 7.29. The van der Waals surface area contributed by atoms with E-state index in [1.165, 1.54) is 18.4 Å². The molecule has 4 nitrogen and oxygen atoms in total. The van der Waals surface area contributed by atoms with E-state index < -0.39 is 0 Å². The van der Waals surface area contributed by atoms with Gasteiger partial charge in [-0.2, -0.15) is 0 Å². The van der Waals surface area contributed by atoms with Gasteiger partial charge in [-0.25, -0.2) is 0 Å². The van der Waals surface area contributed by atoms with Crippen LogP contribution in [0.1, 0.15) is 30.0 Å². The molecule has 1 unspecified atom stereocenters. The van der Waals surface area contributed by atoms with Crippen LogP contribution in [0.5, 0.6) is 5.75 Å². The Kier molecular flexibility index (Phi) is 4.93. The van der Waals surface area contributed by atoms with Crippen molar-refractivity contribution in [1.82, 2.24) is 9.80 Å². The minimum absolute atomic E-state index is 0.0672. The molecule has 1 saturated heterocycles. The third kappa shape index (κ3) is 3.75. The first-order valence-corrected chi connectivity index (χ1v) is 9.49. The Labute approximate surface area is 155 Å². The molecule has 1 atom stereocenters. The smallest absolute Gasteiger partial charge is 0.261 e. The molecule has 0 radical (unpaired) electrons. The number of ether oxygens (including phenoxy) is 1. The summed E-state index contributed by atoms with van der Waals surface area (Å²) in [6.07, 6.45) is 2.59. The van der Waals surface area contributed by atoms with E-state index in [-0.39, 0.29) is 18.6 Å². The predicted molar refractivity (Wildman–Crippen MR) is 102 cm³/mol. The van der Waals surface area contributed by atoms with Crippen molar-refractivity contribution < 1.29 is 9.53 Å². The van der Waals surface area contributed by atoms with Crippen LogP contribution in [0.2, 0.25) is 0 Å². The Morgan fingerprint density at radius 2 is 1.77 bits per heavy atom. The fourth-order valence-electron chi connectivity index (χ4n) is 3.78. The molecular formula is C22H26N2O2. The average molecular weight is 350 g/mol. The molecular weight excluding hydrogens is 324 g/mol. The first kappa shape index (κ1) is 17.1. The topological polar surface area (TPSA) is 32.8 Å². The van der Waals surface area contributed by atoms with Crippen molar-refractivity contribution in [1.29, 1.82) is 0 Å². The van der Waals surface area contributed by atoms with Crippen LogP contribution in [0.15, 0.2) is 54.6 Å². The van der Waals surface area contributed by atoms with Crippen LogP contribution in [0.3, 0.4) is 0 Å². The molecule has 2 aliphatic rings. The fourth-order valence-corrected chi connectivity index (χ4v) is 3.78. The first-order valence-electron chi connectivity index (χ1n) is 9.49. The first-order chi connectivity index (χ1) is 12.7. The van der Waals surface area contributed by atoms with Crippen molar-refractivity contribution >= 4 is 5.91 Å². The molecule has 2 aromatic carbocycles. The molecule has 1 aliphatic carbocycles. The van der Waals surface area contributed by atoms with Gasteiger partial charge in [0.05, 0.1) is 6.04 Å². The number of para-hydroxylation sites is 1. The molecule has 136 valence electrons. The monoisotopic (exact) mass is 350 g/mol. The highest BCUT2D eigenvalue weighted by Crippen LogP contribution is 2.33. The lowest BCUT2D eigenvalue weighted by Gasteiger charge is -2.42. The number of hydrogen-bond acceptors (Lipinski definition) is 3. The van der Waals surface area contributed by atoms with Gasteiger partial charge in [-0.15, -0.1) is 0 Å². The van der Waals surface area contributed by atoms with Crippen LogP contribution in [-0.4, -0.2) is 48.0 Å². The van der Waals surface area contributed by atoms with Crippen molar-refractivity contribution in [2.24, 2.45) is 0 Å². The number of hydrogen-bond donors (Lipinski definition) is 0. The zero-order valence-corrected chi connectivity index (χ0v) is 15.3. The highest BCUT2D eigenvalue weighted by Gasteiger charge is 2.37. The van der Waals surface area contributed by atoms with Crippen LogP contribution in [0.25, 0.3) is 0 Å². The van der Waals surface area contributed by atoms with Crippen LogP contribution >= 0.6 is 0 Å². The van der Waals surface area contributed by atoms with Crippen molar-refractivity contribution in [2.45, 2.75) is 31.8 Å². The highest BCUT2D eigenvalue weighted by atomic mass is 16.5. The number of amides is 1. The number of carbonyl (C=O) groups excluding carboxylic acids is 1. The van der Waals surface area contributed by atoms with E-state index in [0.29, 0.717) is 0 Å². The molecule has 2 fully saturated rings. The molecule has 1 amide bonds. The second-order valence-corrected chi connectivity index (χ2v) is 7.29. The summed E-state index contributed by atoms with van der Waals surface area (Å²) in [6, 6.07) is 19.1. The summed E-state index contributed by atoms with van der Waals surface area (Å²) in [4.78, 5) is 17.5. The predicted octanol–water partition coefficient (Wildman–Crippen LogP) is 3.42. The Hall–Kier alpha value is -2.33. The van der Waals surface area contributed by atoms with Gasteiger partial charge >= 0.3 is 0 Å². The van der Waals surface area contributed by atoms with E-state index in [1.54, 1.807) is 0 Å². The van der Waals surface area contributed by atoms with E-state index in [0.717, 1.165) is 37.0 Å². The SMILES string of the molecule is Cc1ccccc1OCC(=O)N1CCN(C2CC2)CC1c1ccccc1. The van der Waals surface area contributed by atoms with Crippen molar-refractivity contribution in [3.05, 3.63) is 65.7 Å². The summed E-state index contributed by atoms with van der Waals surface area (Å²) < 4.78 is 5.82. The third-order valence-corrected chi connectivity index (χ3v) is 5.42. The Balaban J connectivity index is 1.47. The van der Waals surface area contributed by atoms with Gasteiger partial charge in [-0.05, 0) is 37.0 Å². The van der Waals surface area contributed by atoms with Crippen molar-refractivity contribution in [3.8, 4) is 5.75 Å². The van der Waals surface area contributed by atoms with Crippen molar-refractivity contribution in [2.75, 3.05) is 26.2 Å². The molecule has 0 bridgehead atoms. The summed E-state index contributed by atoms with van der Waals surface area (Å²) in [7, 11) is 0. The summed E-state index contributed by atoms with van der Waals surface area (Å²) in [5, 5.41) is 0. The van der Waals surface area contributed by atoms with E-state index in [4.69, 9.17) is 4.74 Å². The Morgan fingerprint density at radius 1 is 1.04 bits per heavy atom. The van der Waals surface area contributed by atoms with E-state index in [9.17, 15) is 4.79 Å². The Morgan fingerprint density at radius 3 is 2.50 bits per heavy atom. The van der Waals surface area contributed by atoms with Crippen LogP contribution in [0.4, 0.5) is 0 Å². The number of nitrogens with zero attached hydrogens (tertiary/aromatic N) is 2. The lowest BCUT2D eigenvalue weighted by molar-refractivity contribution is -0.138. The summed E-state index contributed by atoms with van der Waals surface area (Å²) in [5.74, 6) is 0.853. The lowest BCUT2D eigenvalue weighted by atomic mass is 10.0. The molecule has 0 N–H and O–H groups in total. The highest BCUT2D eigenvalue weighted by molar-refractivity contribution is 5.78. The minimum Gasteiger partial charge on any atom is -0.484 e. The van der Waals surface area contributed by atoms with Gasteiger partial charge in [0.1, 0.15) is 5.75 Å². The van der Waals surface area contributed by atoms with E-state index in [1.807, 2.05) is 42.2 Å². The van der Waals surface area contributed by atoms with Gasteiger partial charge in [-0.3, -0.25) is 9.69 Å². The minimum atomic E-state index is 0.0672. The van der Waals surface area contributed by atoms with Gasteiger partial charge in [0.25, 0.3) is 5.91 Å². The average Bonchev–Trinajstić information content (AvgIpc) is 3.53. The summed E-state index contributed by atoms with van der Waals surface area (Å²) in [5.41, 5.74) is 2.26. The summed E-state index contributed by atoms with van der Waals surface area (Å²) in [6.45, 7) is 4.75. The van der Waals surface area contributed by atoms with Gasteiger partial charge < -0.3 is 9.64 Å². The number of benzene rings is 2. The van der Waals surface area contributed by atoms with Crippen LogP contribution < -0.4 is 4.74 Å². The molecule has 1 heterocycles. The van der Waals surface area contributed by atoms with Gasteiger partial charge in [0.15, 0.2) is 6.61 Å². The molecule has 0 aromatic heterocycles. The van der Waals surface area contributed by atoms with Gasteiger partial charge in [0.2, 0.25) is 0 Å². The normalized spacial score (nSPS) is 20.8. The zero-order chi connectivity index (χ0) is 17.9. The van der Waals surface area contributed by atoms with Crippen LogP contribution in [-0.2, 0) is 4.79 Å². The maximum Gasteiger partial charge on any atom is 0.261 e. The Bertz CT molecular complexity index is 758. The number of aryl methyl sites for hydroxylation is 1.